The third-order valence-corrected chi connectivity index (χ3v) is 3.75. The molecule has 2 aromatic rings. The van der Waals surface area contributed by atoms with Gasteiger partial charge in [0.2, 0.25) is 5.43 Å². The molecule has 0 unspecified atom stereocenters. The Morgan fingerprint density at radius 1 is 1.17 bits per heavy atom. The highest BCUT2D eigenvalue weighted by molar-refractivity contribution is 5.95. The summed E-state index contributed by atoms with van der Waals surface area (Å²) in [4.78, 5) is 27.2. The number of aromatic amines is 1. The Bertz CT molecular complexity index is 864. The quantitative estimate of drug-likeness (QED) is 0.824. The Labute approximate surface area is 140 Å². The predicted octanol–water partition coefficient (Wildman–Crippen LogP) is 2.72. The molecule has 1 heterocycles. The normalized spacial score (nSPS) is 11.0. The topological polar surface area (TPSA) is 77.6 Å². The Morgan fingerprint density at radius 3 is 2.33 bits per heavy atom. The number of hydrogen-bond acceptors (Lipinski definition) is 5. The number of aromatic nitrogens is 1. The molecule has 0 fully saturated rings. The standard InChI is InChI=1S/C18H21NO5/c1-6-11-9-13(22-3)14-15(17(11)23-4)19-12(8-7-10(2)20)18(24-5)16(14)21/h7-9H,6H2,1-5H3,(H,19,21). The number of ketones is 1. The Kier molecular flexibility index (Phi) is 5.28. The lowest BCUT2D eigenvalue weighted by Crippen LogP contribution is -2.12. The fourth-order valence-electron chi connectivity index (χ4n) is 2.64. The van der Waals surface area contributed by atoms with Gasteiger partial charge in [0, 0.05) is 0 Å². The molecule has 1 N–H and O–H groups in total. The maximum absolute atomic E-state index is 12.9. The minimum atomic E-state index is -0.327. The van der Waals surface area contributed by atoms with E-state index in [9.17, 15) is 9.59 Å². The lowest BCUT2D eigenvalue weighted by Gasteiger charge is -2.16. The van der Waals surface area contributed by atoms with E-state index >= 15 is 0 Å². The van der Waals surface area contributed by atoms with Gasteiger partial charge in [-0.05, 0) is 37.1 Å². The van der Waals surface area contributed by atoms with Crippen molar-refractivity contribution in [3.8, 4) is 17.2 Å². The fraction of sp³-hybridized carbons (Fsp3) is 0.333. The average molecular weight is 331 g/mol. The minimum absolute atomic E-state index is 0.115. The van der Waals surface area contributed by atoms with Crippen LogP contribution in [0.3, 0.4) is 0 Å². The first-order valence-corrected chi connectivity index (χ1v) is 7.54. The first-order chi connectivity index (χ1) is 11.5. The molecule has 0 aliphatic heterocycles. The first-order valence-electron chi connectivity index (χ1n) is 7.54. The molecule has 1 aromatic heterocycles. The van der Waals surface area contributed by atoms with Gasteiger partial charge in [-0.15, -0.1) is 0 Å². The third-order valence-electron chi connectivity index (χ3n) is 3.75. The summed E-state index contributed by atoms with van der Waals surface area (Å²) in [5.41, 5.74) is 1.50. The second-order valence-corrected chi connectivity index (χ2v) is 5.22. The van der Waals surface area contributed by atoms with Crippen LogP contribution in [0.15, 0.2) is 16.9 Å². The van der Waals surface area contributed by atoms with Gasteiger partial charge in [-0.2, -0.15) is 0 Å². The third kappa shape index (κ3) is 2.99. The number of carbonyl (C=O) groups is 1. The molecule has 0 bridgehead atoms. The van der Waals surface area contributed by atoms with Gasteiger partial charge in [-0.1, -0.05) is 6.92 Å². The number of nitrogens with one attached hydrogen (secondary N) is 1. The summed E-state index contributed by atoms with van der Waals surface area (Å²) in [5.74, 6) is 1.00. The van der Waals surface area contributed by atoms with Crippen LogP contribution < -0.4 is 19.6 Å². The van der Waals surface area contributed by atoms with Crippen LogP contribution in [0, 0.1) is 0 Å². The zero-order chi connectivity index (χ0) is 17.9. The number of pyridine rings is 1. The van der Waals surface area contributed by atoms with E-state index in [-0.39, 0.29) is 17.0 Å². The van der Waals surface area contributed by atoms with Crippen LogP contribution in [0.4, 0.5) is 0 Å². The van der Waals surface area contributed by atoms with Crippen LogP contribution in [0.1, 0.15) is 25.1 Å². The van der Waals surface area contributed by atoms with Gasteiger partial charge >= 0.3 is 0 Å². The highest BCUT2D eigenvalue weighted by Crippen LogP contribution is 2.36. The molecule has 0 aliphatic carbocycles. The molecule has 24 heavy (non-hydrogen) atoms. The number of hydrogen-bond donors (Lipinski definition) is 1. The van der Waals surface area contributed by atoms with E-state index < -0.39 is 0 Å². The number of ether oxygens (including phenoxy) is 3. The van der Waals surface area contributed by atoms with E-state index in [0.717, 1.165) is 5.56 Å². The molecular formula is C18H21NO5. The van der Waals surface area contributed by atoms with Gasteiger partial charge in [0.15, 0.2) is 11.5 Å². The van der Waals surface area contributed by atoms with Gasteiger partial charge in [-0.25, -0.2) is 0 Å². The highest BCUT2D eigenvalue weighted by Gasteiger charge is 2.20. The Hall–Kier alpha value is -2.76. The van der Waals surface area contributed by atoms with Crippen molar-refractivity contribution in [2.45, 2.75) is 20.3 Å². The number of aryl methyl sites for hydroxylation is 1. The molecule has 0 aliphatic rings. The smallest absolute Gasteiger partial charge is 0.235 e. The van der Waals surface area contributed by atoms with Crippen LogP contribution in [-0.2, 0) is 11.2 Å². The number of allylic oxidation sites excluding steroid dienone is 1. The number of rotatable bonds is 6. The van der Waals surface area contributed by atoms with Gasteiger partial charge in [0.25, 0.3) is 0 Å². The SMILES string of the molecule is CCc1cc(OC)c2c(=O)c(OC)c(C=CC(C)=O)[nH]c2c1OC. The molecule has 0 spiro atoms. The first kappa shape index (κ1) is 17.6. The van der Waals surface area contributed by atoms with Crippen LogP contribution in [0.25, 0.3) is 17.0 Å². The summed E-state index contributed by atoms with van der Waals surface area (Å²) < 4.78 is 16.1. The summed E-state index contributed by atoms with van der Waals surface area (Å²) in [6.45, 7) is 3.42. The molecule has 6 nitrogen and oxygen atoms in total. The van der Waals surface area contributed by atoms with Crippen molar-refractivity contribution in [2.75, 3.05) is 21.3 Å². The summed E-state index contributed by atoms with van der Waals surface area (Å²) in [5, 5.41) is 0.350. The monoisotopic (exact) mass is 331 g/mol. The van der Waals surface area contributed by atoms with Crippen LogP contribution in [0.5, 0.6) is 17.2 Å². The van der Waals surface area contributed by atoms with Gasteiger partial charge in [-0.3, -0.25) is 9.59 Å². The number of H-pyrrole nitrogens is 1. The van der Waals surface area contributed by atoms with E-state index in [4.69, 9.17) is 14.2 Å². The summed E-state index contributed by atoms with van der Waals surface area (Å²) >= 11 is 0. The zero-order valence-corrected chi connectivity index (χ0v) is 14.5. The molecule has 6 heteroatoms. The van der Waals surface area contributed by atoms with Crippen molar-refractivity contribution in [1.82, 2.24) is 4.98 Å². The summed E-state index contributed by atoms with van der Waals surface area (Å²) in [6, 6.07) is 1.79. The largest absolute Gasteiger partial charge is 0.496 e. The van der Waals surface area contributed by atoms with E-state index in [2.05, 4.69) is 4.98 Å². The number of methoxy groups -OCH3 is 3. The van der Waals surface area contributed by atoms with Gasteiger partial charge in [0.05, 0.1) is 37.9 Å². The lowest BCUT2D eigenvalue weighted by atomic mass is 10.0. The van der Waals surface area contributed by atoms with E-state index in [1.807, 2.05) is 6.92 Å². The Balaban J connectivity index is 2.98. The summed E-state index contributed by atoms with van der Waals surface area (Å²) in [6.07, 6.45) is 3.60. The fourth-order valence-corrected chi connectivity index (χ4v) is 2.64. The molecule has 0 amide bonds. The van der Waals surface area contributed by atoms with E-state index in [1.54, 1.807) is 13.2 Å². The maximum atomic E-state index is 12.9. The van der Waals surface area contributed by atoms with Crippen molar-refractivity contribution in [1.29, 1.82) is 0 Å². The second-order valence-electron chi connectivity index (χ2n) is 5.22. The van der Waals surface area contributed by atoms with Crippen molar-refractivity contribution in [2.24, 2.45) is 0 Å². The molecule has 0 atom stereocenters. The molecule has 0 saturated heterocycles. The lowest BCUT2D eigenvalue weighted by molar-refractivity contribution is -0.112. The van der Waals surface area contributed by atoms with E-state index in [0.29, 0.717) is 34.5 Å². The number of benzene rings is 1. The van der Waals surface area contributed by atoms with Gasteiger partial charge < -0.3 is 19.2 Å². The minimum Gasteiger partial charge on any atom is -0.496 e. The number of fused-ring (bicyclic) bond motifs is 1. The van der Waals surface area contributed by atoms with Crippen molar-refractivity contribution in [3.63, 3.8) is 0 Å². The van der Waals surface area contributed by atoms with Crippen molar-refractivity contribution >= 4 is 22.8 Å². The number of carbonyl (C=O) groups excluding carboxylic acids is 1. The molecular weight excluding hydrogens is 310 g/mol. The molecule has 0 saturated carbocycles. The maximum Gasteiger partial charge on any atom is 0.235 e. The predicted molar refractivity (Wildman–Crippen MR) is 93.3 cm³/mol. The van der Waals surface area contributed by atoms with Crippen LogP contribution in [-0.4, -0.2) is 32.1 Å². The molecule has 2 rings (SSSR count). The molecule has 1 aromatic carbocycles. The highest BCUT2D eigenvalue weighted by atomic mass is 16.5. The van der Waals surface area contributed by atoms with Crippen LogP contribution >= 0.6 is 0 Å². The van der Waals surface area contributed by atoms with Gasteiger partial charge in [0.1, 0.15) is 11.5 Å². The van der Waals surface area contributed by atoms with Crippen molar-refractivity contribution in [3.05, 3.63) is 33.6 Å². The second kappa shape index (κ2) is 7.21. The Morgan fingerprint density at radius 2 is 1.83 bits per heavy atom. The molecule has 128 valence electrons. The van der Waals surface area contributed by atoms with Crippen LogP contribution in [0.2, 0.25) is 0 Å². The summed E-state index contributed by atoms with van der Waals surface area (Å²) in [7, 11) is 4.47. The molecule has 0 radical (unpaired) electrons. The average Bonchev–Trinajstić information content (AvgIpc) is 2.58. The van der Waals surface area contributed by atoms with E-state index in [1.165, 1.54) is 33.3 Å². The zero-order valence-electron chi connectivity index (χ0n) is 14.5. The van der Waals surface area contributed by atoms with Crippen molar-refractivity contribution < 1.29 is 19.0 Å².